The van der Waals surface area contributed by atoms with E-state index in [9.17, 15) is 4.79 Å². The summed E-state index contributed by atoms with van der Waals surface area (Å²) in [5, 5.41) is 0. The fourth-order valence-electron chi connectivity index (χ4n) is 8.46. The quantitative estimate of drug-likeness (QED) is 0.350. The number of ketones is 1. The number of hydrogen-bond acceptors (Lipinski definition) is 1. The van der Waals surface area contributed by atoms with E-state index in [-0.39, 0.29) is 0 Å². The molecule has 3 aliphatic rings. The molecule has 0 aliphatic heterocycles. The van der Waals surface area contributed by atoms with Gasteiger partial charge in [0.15, 0.2) is 0 Å². The van der Waals surface area contributed by atoms with Crippen LogP contribution in [-0.2, 0) is 4.79 Å². The van der Waals surface area contributed by atoms with Crippen LogP contribution in [0.25, 0.3) is 0 Å². The summed E-state index contributed by atoms with van der Waals surface area (Å²) in [6.45, 7) is 10.1. The third kappa shape index (κ3) is 10.1. The van der Waals surface area contributed by atoms with E-state index in [1.807, 2.05) is 0 Å². The van der Waals surface area contributed by atoms with Crippen LogP contribution in [-0.4, -0.2) is 5.78 Å². The molecule has 0 aromatic rings. The Bertz CT molecular complexity index is 606. The van der Waals surface area contributed by atoms with E-state index in [1.165, 1.54) is 135 Å². The average molecular weight is 501 g/mol. The van der Waals surface area contributed by atoms with Gasteiger partial charge in [0.25, 0.3) is 0 Å². The highest BCUT2D eigenvalue weighted by atomic mass is 16.1. The number of carbonyl (C=O) groups excluding carboxylic acids is 1. The van der Waals surface area contributed by atoms with Gasteiger partial charge in [0.1, 0.15) is 5.78 Å². The maximum absolute atomic E-state index is 12.2. The Kier molecular flexibility index (Phi) is 13.4. The topological polar surface area (TPSA) is 17.1 Å². The van der Waals surface area contributed by atoms with Crippen LogP contribution in [0.15, 0.2) is 0 Å². The van der Waals surface area contributed by atoms with Crippen molar-refractivity contribution in [2.24, 2.45) is 40.9 Å². The Balaban J connectivity index is 1.60. The van der Waals surface area contributed by atoms with Crippen molar-refractivity contribution in [2.45, 2.75) is 175 Å². The van der Waals surface area contributed by atoms with Gasteiger partial charge in [-0.25, -0.2) is 0 Å². The van der Waals surface area contributed by atoms with Crippen LogP contribution in [0.2, 0.25) is 0 Å². The Morgan fingerprint density at radius 2 is 1.19 bits per heavy atom. The summed E-state index contributed by atoms with van der Waals surface area (Å²) in [6.07, 6.45) is 32.1. The van der Waals surface area contributed by atoms with E-state index in [2.05, 4.69) is 27.7 Å². The van der Waals surface area contributed by atoms with E-state index in [1.54, 1.807) is 0 Å². The third-order valence-corrected chi connectivity index (χ3v) is 11.5. The molecule has 210 valence electrons. The van der Waals surface area contributed by atoms with Crippen LogP contribution in [0.1, 0.15) is 175 Å². The first-order chi connectivity index (χ1) is 17.4. The molecule has 0 N–H and O–H groups in total. The molecular weight excluding hydrogens is 436 g/mol. The maximum atomic E-state index is 12.2. The Hall–Kier alpha value is -0.330. The smallest absolute Gasteiger partial charge is 0.133 e. The predicted octanol–water partition coefficient (Wildman–Crippen LogP) is 11.3. The predicted molar refractivity (Wildman–Crippen MR) is 157 cm³/mol. The summed E-state index contributed by atoms with van der Waals surface area (Å²) in [6, 6.07) is 0. The molecule has 0 aromatic carbocycles. The molecule has 1 heteroatoms. The lowest BCUT2D eigenvalue weighted by Crippen LogP contribution is -2.33. The highest BCUT2D eigenvalue weighted by Gasteiger charge is 2.39. The zero-order valence-electron chi connectivity index (χ0n) is 25.1. The van der Waals surface area contributed by atoms with Crippen molar-refractivity contribution < 1.29 is 4.79 Å². The van der Waals surface area contributed by atoms with Gasteiger partial charge < -0.3 is 0 Å². The summed E-state index contributed by atoms with van der Waals surface area (Å²) in [7, 11) is 0. The van der Waals surface area contributed by atoms with Crippen LogP contribution in [0, 0.1) is 40.9 Å². The van der Waals surface area contributed by atoms with Crippen LogP contribution in [0.5, 0.6) is 0 Å². The van der Waals surface area contributed by atoms with E-state index in [0.29, 0.717) is 17.1 Å². The van der Waals surface area contributed by atoms with Crippen LogP contribution >= 0.6 is 0 Å². The van der Waals surface area contributed by atoms with Gasteiger partial charge in [-0.05, 0) is 79.4 Å². The molecule has 6 atom stereocenters. The number of Topliss-reactive ketones (excluding diaryl/α,β-unsaturated/α-hetero) is 1. The van der Waals surface area contributed by atoms with Gasteiger partial charge in [-0.1, -0.05) is 124 Å². The lowest BCUT2D eigenvalue weighted by atomic mass is 9.65. The van der Waals surface area contributed by atoms with Gasteiger partial charge in [0, 0.05) is 12.8 Å². The molecule has 3 rings (SSSR count). The van der Waals surface area contributed by atoms with Gasteiger partial charge in [0.05, 0.1) is 0 Å². The second-order valence-corrected chi connectivity index (χ2v) is 14.6. The Labute approximate surface area is 226 Å². The molecule has 0 heterocycles. The van der Waals surface area contributed by atoms with Gasteiger partial charge in [-0.2, -0.15) is 0 Å². The molecule has 3 fully saturated rings. The Morgan fingerprint density at radius 1 is 0.611 bits per heavy atom. The molecule has 2 bridgehead atoms. The second-order valence-electron chi connectivity index (χ2n) is 14.6. The van der Waals surface area contributed by atoms with Crippen molar-refractivity contribution in [3.8, 4) is 0 Å². The minimum Gasteiger partial charge on any atom is -0.300 e. The average Bonchev–Trinajstić information content (AvgIpc) is 3.30. The number of rotatable bonds is 1. The molecule has 0 radical (unpaired) electrons. The second kappa shape index (κ2) is 15.9. The maximum Gasteiger partial charge on any atom is 0.133 e. The number of hydrogen-bond donors (Lipinski definition) is 0. The molecule has 0 saturated heterocycles. The van der Waals surface area contributed by atoms with Crippen molar-refractivity contribution in [3.63, 3.8) is 0 Å². The van der Waals surface area contributed by atoms with Gasteiger partial charge in [-0.3, -0.25) is 4.79 Å². The van der Waals surface area contributed by atoms with Gasteiger partial charge in [-0.15, -0.1) is 0 Å². The molecule has 0 amide bonds. The molecule has 3 saturated carbocycles. The van der Waals surface area contributed by atoms with Crippen molar-refractivity contribution in [1.82, 2.24) is 0 Å². The highest BCUT2D eigenvalue weighted by Crippen LogP contribution is 2.48. The van der Waals surface area contributed by atoms with Gasteiger partial charge >= 0.3 is 0 Å². The van der Waals surface area contributed by atoms with Crippen LogP contribution in [0.3, 0.4) is 0 Å². The highest BCUT2D eigenvalue weighted by molar-refractivity contribution is 5.79. The van der Waals surface area contributed by atoms with Crippen molar-refractivity contribution in [3.05, 3.63) is 0 Å². The van der Waals surface area contributed by atoms with Crippen LogP contribution < -0.4 is 0 Å². The first-order valence-electron chi connectivity index (χ1n) is 16.9. The zero-order valence-corrected chi connectivity index (χ0v) is 25.1. The lowest BCUT2D eigenvalue weighted by molar-refractivity contribution is -0.123. The first kappa shape index (κ1) is 30.2. The molecular formula is C35H64O. The van der Waals surface area contributed by atoms with E-state index in [0.717, 1.165) is 42.4 Å². The fraction of sp³-hybridized carbons (Fsp3) is 0.971. The molecule has 0 aromatic heterocycles. The zero-order chi connectivity index (χ0) is 25.8. The summed E-state index contributed by atoms with van der Waals surface area (Å²) >= 11 is 0. The normalized spacial score (nSPS) is 37.4. The largest absolute Gasteiger partial charge is 0.300 e. The third-order valence-electron chi connectivity index (χ3n) is 11.5. The van der Waals surface area contributed by atoms with E-state index < -0.39 is 0 Å². The van der Waals surface area contributed by atoms with E-state index >= 15 is 0 Å². The van der Waals surface area contributed by atoms with Gasteiger partial charge in [0.2, 0.25) is 0 Å². The SMILES string of the molecule is CC1CC(=O)CCC1C1CCC(C)C(C)(C)CCCCCCCCCCCCCCCC2CCC1C2. The molecule has 36 heavy (non-hydrogen) atoms. The number of fused-ring (bicyclic) bond motifs is 2. The lowest BCUT2D eigenvalue weighted by Gasteiger charge is -2.40. The molecule has 1 nitrogen and oxygen atoms in total. The monoisotopic (exact) mass is 500 g/mol. The standard InChI is InChI=1S/C35H64O/c1-28-26-32(36)22-24-33(28)34-23-19-29(2)35(3,4)25-17-15-13-11-9-7-5-6-8-10-12-14-16-18-30-20-21-31(34)27-30/h28-31,33-34H,5-27H2,1-4H3. The summed E-state index contributed by atoms with van der Waals surface area (Å²) in [5.41, 5.74) is 0.464. The fourth-order valence-corrected chi connectivity index (χ4v) is 8.46. The Morgan fingerprint density at radius 3 is 1.81 bits per heavy atom. The van der Waals surface area contributed by atoms with Crippen molar-refractivity contribution in [1.29, 1.82) is 0 Å². The van der Waals surface area contributed by atoms with Crippen molar-refractivity contribution >= 4 is 5.78 Å². The summed E-state index contributed by atoms with van der Waals surface area (Å²) in [5.74, 6) is 5.56. The molecule has 6 unspecified atom stereocenters. The molecule has 0 spiro atoms. The minimum absolute atomic E-state index is 0.464. The summed E-state index contributed by atoms with van der Waals surface area (Å²) < 4.78 is 0. The van der Waals surface area contributed by atoms with Crippen molar-refractivity contribution in [2.75, 3.05) is 0 Å². The molecule has 3 aliphatic carbocycles. The van der Waals surface area contributed by atoms with Crippen LogP contribution in [0.4, 0.5) is 0 Å². The summed E-state index contributed by atoms with van der Waals surface area (Å²) in [4.78, 5) is 12.2. The number of carbonyl (C=O) groups is 1. The minimum atomic E-state index is 0.464. The van der Waals surface area contributed by atoms with E-state index in [4.69, 9.17) is 0 Å². The first-order valence-corrected chi connectivity index (χ1v) is 16.9.